The van der Waals surface area contributed by atoms with Gasteiger partial charge in [0, 0.05) is 6.54 Å². The van der Waals surface area contributed by atoms with Crippen molar-refractivity contribution in [2.75, 3.05) is 13.1 Å². The van der Waals surface area contributed by atoms with E-state index in [1.54, 1.807) is 18.2 Å². The van der Waals surface area contributed by atoms with Crippen LogP contribution in [0.5, 0.6) is 5.75 Å². The molecule has 1 rings (SSSR count). The predicted molar refractivity (Wildman–Crippen MR) is 81.7 cm³/mol. The molecule has 112 valence electrons. The molecule has 20 heavy (non-hydrogen) atoms. The molecule has 1 atom stereocenters. The van der Waals surface area contributed by atoms with Crippen LogP contribution >= 0.6 is 0 Å². The second-order valence-electron chi connectivity index (χ2n) is 5.52. The molecule has 4 nitrogen and oxygen atoms in total. The van der Waals surface area contributed by atoms with E-state index in [2.05, 4.69) is 5.32 Å². The van der Waals surface area contributed by atoms with E-state index >= 15 is 0 Å². The van der Waals surface area contributed by atoms with Crippen molar-refractivity contribution in [1.82, 2.24) is 10.2 Å². The zero-order valence-corrected chi connectivity index (χ0v) is 13.1. The highest BCUT2D eigenvalue weighted by Crippen LogP contribution is 2.25. The summed E-state index contributed by atoms with van der Waals surface area (Å²) in [5.74, 6) is 0.293. The molecule has 0 aliphatic heterocycles. The molecule has 4 heteroatoms. The van der Waals surface area contributed by atoms with Gasteiger partial charge in [-0.1, -0.05) is 19.1 Å². The standard InChI is InChI=1S/C16H26N2O2/c1-6-17-16(4,5)15(20)18(7-2)12(3)13-9-8-10-14(19)11-13/h8-12,17,19H,6-7H2,1-5H3. The van der Waals surface area contributed by atoms with Gasteiger partial charge < -0.3 is 15.3 Å². The van der Waals surface area contributed by atoms with Gasteiger partial charge in [0.25, 0.3) is 0 Å². The van der Waals surface area contributed by atoms with Crippen LogP contribution in [0.15, 0.2) is 24.3 Å². The fraction of sp³-hybridized carbons (Fsp3) is 0.562. The predicted octanol–water partition coefficient (Wildman–Crippen LogP) is 2.69. The number of carbonyl (C=O) groups excluding carboxylic acids is 1. The van der Waals surface area contributed by atoms with Gasteiger partial charge in [-0.2, -0.15) is 0 Å². The number of amides is 1. The maximum atomic E-state index is 12.7. The molecular formula is C16H26N2O2. The Morgan fingerprint density at radius 3 is 2.55 bits per heavy atom. The van der Waals surface area contributed by atoms with E-state index in [1.807, 2.05) is 45.6 Å². The summed E-state index contributed by atoms with van der Waals surface area (Å²) in [6.45, 7) is 11.1. The van der Waals surface area contributed by atoms with E-state index in [1.165, 1.54) is 0 Å². The molecule has 2 N–H and O–H groups in total. The van der Waals surface area contributed by atoms with Crippen molar-refractivity contribution >= 4 is 5.91 Å². The maximum absolute atomic E-state index is 12.7. The molecule has 0 fully saturated rings. The Hall–Kier alpha value is -1.55. The quantitative estimate of drug-likeness (QED) is 0.841. The van der Waals surface area contributed by atoms with E-state index in [0.717, 1.165) is 12.1 Å². The zero-order chi connectivity index (χ0) is 15.3. The molecular weight excluding hydrogens is 252 g/mol. The minimum absolute atomic E-state index is 0.0673. The third-order valence-electron chi connectivity index (χ3n) is 3.58. The summed E-state index contributed by atoms with van der Waals surface area (Å²) >= 11 is 0. The smallest absolute Gasteiger partial charge is 0.242 e. The molecule has 0 aliphatic carbocycles. The normalized spacial score (nSPS) is 13.1. The van der Waals surface area contributed by atoms with E-state index in [9.17, 15) is 9.90 Å². The Morgan fingerprint density at radius 1 is 1.40 bits per heavy atom. The maximum Gasteiger partial charge on any atom is 0.242 e. The number of hydrogen-bond donors (Lipinski definition) is 2. The van der Waals surface area contributed by atoms with Crippen LogP contribution in [0.2, 0.25) is 0 Å². The highest BCUT2D eigenvalue weighted by Gasteiger charge is 2.33. The van der Waals surface area contributed by atoms with Gasteiger partial charge in [0.2, 0.25) is 5.91 Å². The van der Waals surface area contributed by atoms with Gasteiger partial charge in [0.15, 0.2) is 0 Å². The molecule has 1 aromatic carbocycles. The Kier molecular flexibility index (Phi) is 5.57. The van der Waals surface area contributed by atoms with Gasteiger partial charge in [0.1, 0.15) is 5.75 Å². The summed E-state index contributed by atoms with van der Waals surface area (Å²) in [5, 5.41) is 12.8. The minimum Gasteiger partial charge on any atom is -0.508 e. The average Bonchev–Trinajstić information content (AvgIpc) is 2.39. The van der Waals surface area contributed by atoms with Crippen LogP contribution in [0.4, 0.5) is 0 Å². The molecule has 0 aromatic heterocycles. The number of phenolic OH excluding ortho intramolecular Hbond substituents is 1. The number of hydrogen-bond acceptors (Lipinski definition) is 3. The number of nitrogens with one attached hydrogen (secondary N) is 1. The molecule has 0 radical (unpaired) electrons. The van der Waals surface area contributed by atoms with Crippen molar-refractivity contribution in [3.63, 3.8) is 0 Å². The van der Waals surface area contributed by atoms with E-state index in [-0.39, 0.29) is 17.7 Å². The zero-order valence-electron chi connectivity index (χ0n) is 13.1. The van der Waals surface area contributed by atoms with Crippen LogP contribution in [0.25, 0.3) is 0 Å². The SMILES string of the molecule is CCNC(C)(C)C(=O)N(CC)C(C)c1cccc(O)c1. The molecule has 1 unspecified atom stereocenters. The number of likely N-dealkylation sites (N-methyl/N-ethyl adjacent to an activating group) is 2. The molecule has 0 spiro atoms. The van der Waals surface area contributed by atoms with Crippen molar-refractivity contribution in [1.29, 1.82) is 0 Å². The largest absolute Gasteiger partial charge is 0.508 e. The van der Waals surface area contributed by atoms with Crippen LogP contribution in [0, 0.1) is 0 Å². The molecule has 0 heterocycles. The molecule has 1 amide bonds. The summed E-state index contributed by atoms with van der Waals surface area (Å²) in [7, 11) is 0. The Bertz CT molecular complexity index is 458. The van der Waals surface area contributed by atoms with E-state index in [4.69, 9.17) is 0 Å². The summed E-state index contributed by atoms with van der Waals surface area (Å²) in [6, 6.07) is 7.00. The first kappa shape index (κ1) is 16.5. The Balaban J connectivity index is 2.98. The molecule has 0 saturated carbocycles. The fourth-order valence-corrected chi connectivity index (χ4v) is 2.43. The highest BCUT2D eigenvalue weighted by atomic mass is 16.3. The fourth-order valence-electron chi connectivity index (χ4n) is 2.43. The van der Waals surface area contributed by atoms with Crippen LogP contribution in [-0.2, 0) is 4.79 Å². The van der Waals surface area contributed by atoms with Gasteiger partial charge in [0.05, 0.1) is 11.6 Å². The van der Waals surface area contributed by atoms with E-state index < -0.39 is 5.54 Å². The van der Waals surface area contributed by atoms with Crippen molar-refractivity contribution in [3.05, 3.63) is 29.8 Å². The lowest BCUT2D eigenvalue weighted by atomic mass is 9.99. The topological polar surface area (TPSA) is 52.6 Å². The first-order valence-corrected chi connectivity index (χ1v) is 7.18. The first-order chi connectivity index (χ1) is 9.33. The van der Waals surface area contributed by atoms with Gasteiger partial charge in [-0.25, -0.2) is 0 Å². The number of phenols is 1. The second kappa shape index (κ2) is 6.75. The van der Waals surface area contributed by atoms with Crippen LogP contribution < -0.4 is 5.32 Å². The van der Waals surface area contributed by atoms with Gasteiger partial charge in [-0.15, -0.1) is 0 Å². The van der Waals surface area contributed by atoms with Crippen LogP contribution in [-0.4, -0.2) is 34.5 Å². The molecule has 0 bridgehead atoms. The van der Waals surface area contributed by atoms with Gasteiger partial charge in [-0.3, -0.25) is 4.79 Å². The molecule has 0 saturated heterocycles. The highest BCUT2D eigenvalue weighted by molar-refractivity contribution is 5.85. The summed E-state index contributed by atoms with van der Waals surface area (Å²) < 4.78 is 0. The number of benzene rings is 1. The first-order valence-electron chi connectivity index (χ1n) is 7.18. The lowest BCUT2D eigenvalue weighted by molar-refractivity contribution is -0.139. The number of nitrogens with zero attached hydrogens (tertiary/aromatic N) is 1. The average molecular weight is 278 g/mol. The second-order valence-corrected chi connectivity index (χ2v) is 5.52. The third kappa shape index (κ3) is 3.73. The number of aromatic hydroxyl groups is 1. The lowest BCUT2D eigenvalue weighted by Gasteiger charge is -2.36. The summed E-state index contributed by atoms with van der Waals surface area (Å²) in [6.07, 6.45) is 0. The lowest BCUT2D eigenvalue weighted by Crippen LogP contribution is -2.54. The number of carbonyl (C=O) groups is 1. The van der Waals surface area contributed by atoms with Gasteiger partial charge in [-0.05, 0) is 51.9 Å². The van der Waals surface area contributed by atoms with Crippen molar-refractivity contribution in [2.45, 2.75) is 46.2 Å². The molecule has 0 aliphatic rings. The summed E-state index contributed by atoms with van der Waals surface area (Å²) in [4.78, 5) is 14.5. The van der Waals surface area contributed by atoms with Crippen LogP contribution in [0.1, 0.15) is 46.2 Å². The van der Waals surface area contributed by atoms with E-state index in [0.29, 0.717) is 6.54 Å². The summed E-state index contributed by atoms with van der Waals surface area (Å²) in [5.41, 5.74) is 0.350. The Labute approximate surface area is 121 Å². The number of rotatable bonds is 6. The van der Waals surface area contributed by atoms with Crippen LogP contribution in [0.3, 0.4) is 0 Å². The third-order valence-corrected chi connectivity index (χ3v) is 3.58. The Morgan fingerprint density at radius 2 is 2.05 bits per heavy atom. The minimum atomic E-state index is -0.587. The monoisotopic (exact) mass is 278 g/mol. The van der Waals surface area contributed by atoms with Crippen molar-refractivity contribution in [2.24, 2.45) is 0 Å². The van der Waals surface area contributed by atoms with Gasteiger partial charge >= 0.3 is 0 Å². The van der Waals surface area contributed by atoms with Crippen molar-refractivity contribution < 1.29 is 9.90 Å². The van der Waals surface area contributed by atoms with Crippen molar-refractivity contribution in [3.8, 4) is 5.75 Å². The molecule has 1 aromatic rings.